The van der Waals surface area contributed by atoms with Crippen molar-refractivity contribution in [2.45, 2.75) is 118 Å². The molecular weight excluding hydrogens is 506 g/mol. The van der Waals surface area contributed by atoms with Gasteiger partial charge in [-0.05, 0) is 62.1 Å². The second kappa shape index (κ2) is 11.7. The first-order valence-electron chi connectivity index (χ1n) is 15.8. The number of hydrogen-bond donors (Lipinski definition) is 2. The summed E-state index contributed by atoms with van der Waals surface area (Å²) in [6.07, 6.45) is 19.0. The van der Waals surface area contributed by atoms with Crippen molar-refractivity contribution in [1.82, 2.24) is 15.1 Å². The van der Waals surface area contributed by atoms with Crippen molar-refractivity contribution in [3.05, 3.63) is 35.4 Å². The Morgan fingerprint density at radius 2 is 1.36 bits per heavy atom. The van der Waals surface area contributed by atoms with Gasteiger partial charge in [0.2, 0.25) is 0 Å². The number of nitrogens with one attached hydrogen (secondary N) is 1. The summed E-state index contributed by atoms with van der Waals surface area (Å²) in [6, 6.07) is 8.34. The molecule has 6 rings (SSSR count). The molecule has 2 saturated heterocycles. The van der Waals surface area contributed by atoms with Crippen LogP contribution in [0.1, 0.15) is 118 Å². The number of nitrogens with zero attached hydrogens (tertiary/aromatic N) is 2. The minimum absolute atomic E-state index is 0.0393. The van der Waals surface area contributed by atoms with E-state index in [4.69, 9.17) is 0 Å². The molecule has 6 nitrogen and oxygen atoms in total. The lowest BCUT2D eigenvalue weighted by atomic mass is 9.68. The maximum absolute atomic E-state index is 13.2. The third-order valence-corrected chi connectivity index (χ3v) is 12.0. The molecule has 39 heavy (non-hydrogen) atoms. The van der Waals surface area contributed by atoms with Crippen molar-refractivity contribution in [2.75, 3.05) is 26.2 Å². The molecule has 3 aliphatic carbocycles. The Bertz CT molecular complexity index is 1010. The van der Waals surface area contributed by atoms with E-state index < -0.39 is 5.60 Å². The van der Waals surface area contributed by atoms with E-state index in [9.17, 15) is 14.7 Å². The SMILES string of the molecule is O=C(c1ccc(C2NC3(C4CCCCCCCCC4)CCCCC3S2)cc1)N1CCN(C(=O)C2(O)CC2)CC1. The molecule has 3 unspecified atom stereocenters. The second-order valence-corrected chi connectivity index (χ2v) is 14.2. The molecule has 1 aromatic carbocycles. The van der Waals surface area contributed by atoms with Crippen molar-refractivity contribution in [1.29, 1.82) is 0 Å². The van der Waals surface area contributed by atoms with Gasteiger partial charge in [-0.15, -0.1) is 11.8 Å². The predicted molar refractivity (Wildman–Crippen MR) is 157 cm³/mol. The Morgan fingerprint density at radius 1 is 0.769 bits per heavy atom. The van der Waals surface area contributed by atoms with Gasteiger partial charge in [0.25, 0.3) is 11.8 Å². The van der Waals surface area contributed by atoms with E-state index in [1.165, 1.54) is 89.0 Å². The molecule has 2 N–H and O–H groups in total. The van der Waals surface area contributed by atoms with Gasteiger partial charge >= 0.3 is 0 Å². The van der Waals surface area contributed by atoms with Crippen LogP contribution in [0.4, 0.5) is 0 Å². The molecule has 0 aromatic heterocycles. The molecule has 5 aliphatic rings. The number of rotatable bonds is 4. The van der Waals surface area contributed by atoms with Gasteiger partial charge in [0.05, 0.1) is 5.37 Å². The molecule has 0 spiro atoms. The second-order valence-electron chi connectivity index (χ2n) is 12.9. The Labute approximate surface area is 238 Å². The summed E-state index contributed by atoms with van der Waals surface area (Å²) in [5.41, 5.74) is 1.16. The maximum atomic E-state index is 13.2. The van der Waals surface area contributed by atoms with Crippen molar-refractivity contribution in [3.63, 3.8) is 0 Å². The molecule has 2 heterocycles. The van der Waals surface area contributed by atoms with Crippen LogP contribution in [0.15, 0.2) is 24.3 Å². The van der Waals surface area contributed by atoms with Crippen LogP contribution < -0.4 is 5.32 Å². The number of amides is 2. The smallest absolute Gasteiger partial charge is 0.254 e. The molecule has 2 amide bonds. The third kappa shape index (κ3) is 5.78. The molecule has 3 saturated carbocycles. The standard InChI is InChI=1S/C32H47N3O3S/c36-29(34-20-22-35(23-21-34)30(37)31(38)18-19-31)25-15-13-24(14-16-25)28-33-32(17-9-8-12-27(32)39-28)26-10-6-4-2-1-3-5-7-11-26/h13-16,26-28,33,38H,1-12,17-23H2. The van der Waals surface area contributed by atoms with Crippen molar-refractivity contribution in [2.24, 2.45) is 5.92 Å². The topological polar surface area (TPSA) is 72.9 Å². The normalized spacial score (nSPS) is 31.9. The number of carbonyl (C=O) groups is 2. The molecular formula is C32H47N3O3S. The van der Waals surface area contributed by atoms with Gasteiger partial charge < -0.3 is 14.9 Å². The third-order valence-electron chi connectivity index (χ3n) is 10.4. The highest BCUT2D eigenvalue weighted by Gasteiger charge is 2.53. The van der Waals surface area contributed by atoms with Crippen molar-refractivity contribution < 1.29 is 14.7 Å². The van der Waals surface area contributed by atoms with Gasteiger partial charge in [-0.3, -0.25) is 14.9 Å². The van der Waals surface area contributed by atoms with Gasteiger partial charge in [0.1, 0.15) is 5.60 Å². The molecule has 1 aromatic rings. The molecule has 7 heteroatoms. The Kier molecular flexibility index (Phi) is 8.30. The zero-order valence-electron chi connectivity index (χ0n) is 23.5. The van der Waals surface area contributed by atoms with E-state index >= 15 is 0 Å². The Hall–Kier alpha value is -1.57. The fraction of sp³-hybridized carbons (Fsp3) is 0.750. The highest BCUT2D eigenvalue weighted by Crippen LogP contribution is 2.54. The van der Waals surface area contributed by atoms with Crippen LogP contribution in [0.5, 0.6) is 0 Å². The fourth-order valence-electron chi connectivity index (χ4n) is 7.76. The minimum Gasteiger partial charge on any atom is -0.380 e. The van der Waals surface area contributed by atoms with Gasteiger partial charge in [-0.1, -0.05) is 69.9 Å². The summed E-state index contributed by atoms with van der Waals surface area (Å²) in [4.78, 5) is 29.2. The number of fused-ring (bicyclic) bond motifs is 1. The Balaban J connectivity index is 1.09. The summed E-state index contributed by atoms with van der Waals surface area (Å²) >= 11 is 2.15. The summed E-state index contributed by atoms with van der Waals surface area (Å²) in [5.74, 6) is 0.659. The summed E-state index contributed by atoms with van der Waals surface area (Å²) in [5, 5.41) is 15.4. The number of hydrogen-bond acceptors (Lipinski definition) is 5. The monoisotopic (exact) mass is 553 g/mol. The van der Waals surface area contributed by atoms with Gasteiger partial charge in [-0.2, -0.15) is 0 Å². The van der Waals surface area contributed by atoms with Gasteiger partial charge in [0, 0.05) is 42.5 Å². The zero-order chi connectivity index (χ0) is 26.9. The van der Waals surface area contributed by atoms with Crippen LogP contribution in [0.25, 0.3) is 0 Å². The lowest BCUT2D eigenvalue weighted by molar-refractivity contribution is -0.143. The van der Waals surface area contributed by atoms with Crippen LogP contribution in [-0.4, -0.2) is 69.3 Å². The summed E-state index contributed by atoms with van der Waals surface area (Å²) < 4.78 is 0. The molecule has 3 atom stereocenters. The molecule has 0 bridgehead atoms. The van der Waals surface area contributed by atoms with E-state index in [1.54, 1.807) is 4.90 Å². The number of piperazine rings is 1. The van der Waals surface area contributed by atoms with Crippen LogP contribution in [0, 0.1) is 5.92 Å². The number of aliphatic hydroxyl groups is 1. The van der Waals surface area contributed by atoms with E-state index in [0.29, 0.717) is 49.6 Å². The summed E-state index contributed by atoms with van der Waals surface area (Å²) in [7, 11) is 0. The van der Waals surface area contributed by atoms with Crippen molar-refractivity contribution >= 4 is 23.6 Å². The highest BCUT2D eigenvalue weighted by molar-refractivity contribution is 8.00. The molecule has 214 valence electrons. The van der Waals surface area contributed by atoms with Gasteiger partial charge in [0.15, 0.2) is 0 Å². The first-order valence-corrected chi connectivity index (χ1v) is 16.8. The number of carbonyl (C=O) groups excluding carboxylic acids is 2. The lowest BCUT2D eigenvalue weighted by Gasteiger charge is -2.45. The van der Waals surface area contributed by atoms with E-state index in [2.05, 4.69) is 29.2 Å². The van der Waals surface area contributed by atoms with Crippen LogP contribution in [0.3, 0.4) is 0 Å². The first-order chi connectivity index (χ1) is 19.0. The van der Waals surface area contributed by atoms with Gasteiger partial charge in [-0.25, -0.2) is 0 Å². The fourth-order valence-corrected chi connectivity index (χ4v) is 9.61. The van der Waals surface area contributed by atoms with E-state index in [0.717, 1.165) is 11.5 Å². The highest BCUT2D eigenvalue weighted by atomic mass is 32.2. The lowest BCUT2D eigenvalue weighted by Crippen LogP contribution is -2.55. The minimum atomic E-state index is -1.13. The largest absolute Gasteiger partial charge is 0.380 e. The molecule has 2 aliphatic heterocycles. The molecule has 5 fully saturated rings. The Morgan fingerprint density at radius 3 is 2.00 bits per heavy atom. The quantitative estimate of drug-likeness (QED) is 0.504. The number of thioether (sulfide) groups is 1. The number of benzene rings is 1. The van der Waals surface area contributed by atoms with E-state index in [1.807, 2.05) is 17.0 Å². The maximum Gasteiger partial charge on any atom is 0.254 e. The van der Waals surface area contributed by atoms with E-state index in [-0.39, 0.29) is 17.4 Å². The summed E-state index contributed by atoms with van der Waals surface area (Å²) in [6.45, 7) is 2.04. The van der Waals surface area contributed by atoms with Crippen LogP contribution in [-0.2, 0) is 4.79 Å². The van der Waals surface area contributed by atoms with Crippen LogP contribution in [0.2, 0.25) is 0 Å². The zero-order valence-corrected chi connectivity index (χ0v) is 24.4. The average Bonchev–Trinajstić information content (AvgIpc) is 3.61. The first kappa shape index (κ1) is 27.6. The van der Waals surface area contributed by atoms with Crippen molar-refractivity contribution in [3.8, 4) is 0 Å². The average molecular weight is 554 g/mol. The predicted octanol–water partition coefficient (Wildman–Crippen LogP) is 5.65. The van der Waals surface area contributed by atoms with Crippen LogP contribution >= 0.6 is 11.8 Å². The molecule has 0 radical (unpaired) electrons.